The minimum absolute atomic E-state index is 0.316. The minimum Gasteiger partial charge on any atom is -0.371 e. The molecule has 1 fully saturated rings. The summed E-state index contributed by atoms with van der Waals surface area (Å²) in [7, 11) is 1.79. The third kappa shape index (κ3) is 2.14. The number of nitrogens with one attached hydrogen (secondary N) is 3. The van der Waals surface area contributed by atoms with Crippen molar-refractivity contribution in [1.82, 2.24) is 20.2 Å². The van der Waals surface area contributed by atoms with Gasteiger partial charge in [-0.2, -0.15) is 0 Å². The predicted molar refractivity (Wildman–Crippen MR) is 70.2 cm³/mol. The number of H-pyrrole nitrogens is 2. The quantitative estimate of drug-likeness (QED) is 0.742. The maximum absolute atomic E-state index is 11.7. The van der Waals surface area contributed by atoms with Gasteiger partial charge in [-0.15, -0.1) is 10.2 Å². The minimum atomic E-state index is -0.532. The van der Waals surface area contributed by atoms with Crippen LogP contribution in [-0.2, 0) is 0 Å². The highest BCUT2D eigenvalue weighted by Gasteiger charge is 2.27. The van der Waals surface area contributed by atoms with Crippen molar-refractivity contribution in [3.63, 3.8) is 0 Å². The van der Waals surface area contributed by atoms with Crippen LogP contribution in [0.4, 0.5) is 5.82 Å². The van der Waals surface area contributed by atoms with Crippen molar-refractivity contribution in [2.45, 2.75) is 18.8 Å². The van der Waals surface area contributed by atoms with Crippen molar-refractivity contribution < 1.29 is 0 Å². The first-order valence-corrected chi connectivity index (χ1v) is 6.07. The van der Waals surface area contributed by atoms with E-state index in [1.54, 1.807) is 7.05 Å². The van der Waals surface area contributed by atoms with Crippen LogP contribution in [0, 0.1) is 0 Å². The number of rotatable bonds is 3. The third-order valence-corrected chi connectivity index (χ3v) is 3.17. The Kier molecular flexibility index (Phi) is 2.66. The molecule has 98 valence electrons. The predicted octanol–water partition coefficient (Wildman–Crippen LogP) is 0.439. The number of hydrogen-bond acceptors (Lipinski definition) is 5. The molecule has 1 aliphatic rings. The van der Waals surface area contributed by atoms with Gasteiger partial charge in [0.2, 0.25) is 0 Å². The molecule has 2 aromatic heterocycles. The van der Waals surface area contributed by atoms with Crippen LogP contribution in [0.2, 0.25) is 0 Å². The van der Waals surface area contributed by atoms with E-state index >= 15 is 0 Å². The van der Waals surface area contributed by atoms with Crippen LogP contribution in [0.3, 0.4) is 0 Å². The van der Waals surface area contributed by atoms with Gasteiger partial charge in [-0.3, -0.25) is 9.78 Å². The van der Waals surface area contributed by atoms with Crippen molar-refractivity contribution >= 4 is 5.82 Å². The summed E-state index contributed by atoms with van der Waals surface area (Å²) in [6.45, 7) is 0. The van der Waals surface area contributed by atoms with E-state index in [9.17, 15) is 9.59 Å². The van der Waals surface area contributed by atoms with Crippen LogP contribution in [0.15, 0.2) is 21.9 Å². The van der Waals surface area contributed by atoms with E-state index < -0.39 is 11.2 Å². The van der Waals surface area contributed by atoms with Gasteiger partial charge in [-0.25, -0.2) is 4.79 Å². The zero-order chi connectivity index (χ0) is 13.4. The maximum Gasteiger partial charge on any atom is 0.325 e. The lowest BCUT2D eigenvalue weighted by atomic mass is 10.1. The molecule has 0 aromatic carbocycles. The van der Waals surface area contributed by atoms with E-state index in [2.05, 4.69) is 25.5 Å². The van der Waals surface area contributed by atoms with E-state index in [0.29, 0.717) is 17.2 Å². The molecule has 0 saturated heterocycles. The lowest BCUT2D eigenvalue weighted by Gasteiger charge is -2.07. The van der Waals surface area contributed by atoms with E-state index in [4.69, 9.17) is 0 Å². The number of hydrogen-bond donors (Lipinski definition) is 3. The fourth-order valence-corrected chi connectivity index (χ4v) is 2.04. The molecule has 19 heavy (non-hydrogen) atoms. The molecule has 0 radical (unpaired) electrons. The topological polar surface area (TPSA) is 104 Å². The van der Waals surface area contributed by atoms with E-state index in [0.717, 1.165) is 24.2 Å². The largest absolute Gasteiger partial charge is 0.371 e. The summed E-state index contributed by atoms with van der Waals surface area (Å²) in [5.41, 5.74) is 0.862. The van der Waals surface area contributed by atoms with E-state index in [1.807, 2.05) is 6.07 Å². The van der Waals surface area contributed by atoms with Gasteiger partial charge < -0.3 is 10.3 Å². The summed E-state index contributed by atoms with van der Waals surface area (Å²) in [6.07, 6.45) is 3.62. The summed E-state index contributed by atoms with van der Waals surface area (Å²) in [5, 5.41) is 11.1. The monoisotopic (exact) mass is 259 g/mol. The lowest BCUT2D eigenvalue weighted by Crippen LogP contribution is -2.23. The molecular weight excluding hydrogens is 246 g/mol. The zero-order valence-corrected chi connectivity index (χ0v) is 10.4. The summed E-state index contributed by atoms with van der Waals surface area (Å²) < 4.78 is 0. The van der Waals surface area contributed by atoms with E-state index in [-0.39, 0.29) is 0 Å². The first kappa shape index (κ1) is 11.6. The molecule has 3 N–H and O–H groups in total. The van der Waals surface area contributed by atoms with Gasteiger partial charge in [0.15, 0.2) is 5.82 Å². The third-order valence-electron chi connectivity index (χ3n) is 3.17. The smallest absolute Gasteiger partial charge is 0.325 e. The van der Waals surface area contributed by atoms with Gasteiger partial charge in [0, 0.05) is 18.8 Å². The number of nitrogens with zero attached hydrogens (tertiary/aromatic N) is 2. The Morgan fingerprint density at radius 3 is 2.74 bits per heavy atom. The Bertz CT molecular complexity index is 729. The van der Waals surface area contributed by atoms with Crippen molar-refractivity contribution in [2.75, 3.05) is 12.4 Å². The first-order chi connectivity index (χ1) is 9.19. The van der Waals surface area contributed by atoms with Gasteiger partial charge in [0.25, 0.3) is 5.56 Å². The Morgan fingerprint density at radius 2 is 2.11 bits per heavy atom. The molecule has 1 saturated carbocycles. The lowest BCUT2D eigenvalue weighted by molar-refractivity contribution is 0.972. The highest BCUT2D eigenvalue weighted by Crippen LogP contribution is 2.43. The van der Waals surface area contributed by atoms with Crippen LogP contribution in [0.1, 0.15) is 24.3 Å². The summed E-state index contributed by atoms with van der Waals surface area (Å²) >= 11 is 0. The molecule has 3 rings (SSSR count). The number of aromatic nitrogens is 4. The van der Waals surface area contributed by atoms with Gasteiger partial charge in [0.05, 0.1) is 5.56 Å². The summed E-state index contributed by atoms with van der Waals surface area (Å²) in [5.74, 6) is 1.23. The van der Waals surface area contributed by atoms with Crippen LogP contribution in [0.25, 0.3) is 11.3 Å². The second kappa shape index (κ2) is 4.34. The zero-order valence-electron chi connectivity index (χ0n) is 10.4. The molecule has 1 aliphatic carbocycles. The van der Waals surface area contributed by atoms with Crippen molar-refractivity contribution in [2.24, 2.45) is 0 Å². The molecule has 0 unspecified atom stereocenters. The van der Waals surface area contributed by atoms with Crippen LogP contribution >= 0.6 is 0 Å². The highest BCUT2D eigenvalue weighted by molar-refractivity contribution is 5.61. The van der Waals surface area contributed by atoms with Crippen LogP contribution < -0.4 is 16.6 Å². The first-order valence-electron chi connectivity index (χ1n) is 6.07. The second-order valence-corrected chi connectivity index (χ2v) is 4.54. The highest BCUT2D eigenvalue weighted by atomic mass is 16.2. The van der Waals surface area contributed by atoms with Gasteiger partial charge in [0.1, 0.15) is 5.69 Å². The average Bonchev–Trinajstić information content (AvgIpc) is 3.22. The van der Waals surface area contributed by atoms with Crippen molar-refractivity contribution in [3.8, 4) is 11.3 Å². The van der Waals surface area contributed by atoms with Gasteiger partial charge in [-0.05, 0) is 24.8 Å². The Balaban J connectivity index is 2.12. The molecule has 0 atom stereocenters. The molecule has 2 heterocycles. The molecule has 0 bridgehead atoms. The molecule has 2 aromatic rings. The Labute approximate surface area is 108 Å². The SMILES string of the molecule is CNc1nnc(-c2c[nH]c(=O)[nH]c2=O)cc1C1CC1. The summed E-state index contributed by atoms with van der Waals surface area (Å²) in [4.78, 5) is 27.4. The Morgan fingerprint density at radius 1 is 1.32 bits per heavy atom. The molecule has 0 amide bonds. The number of aromatic amines is 2. The fourth-order valence-electron chi connectivity index (χ4n) is 2.04. The van der Waals surface area contributed by atoms with Crippen molar-refractivity contribution in [3.05, 3.63) is 38.7 Å². The molecular formula is C12H13N5O2. The second-order valence-electron chi connectivity index (χ2n) is 4.54. The molecule has 7 heteroatoms. The van der Waals surface area contributed by atoms with Gasteiger partial charge in [-0.1, -0.05) is 0 Å². The standard InChI is InChI=1S/C12H13N5O2/c1-13-10-7(6-2-3-6)4-9(16-17-10)8-5-14-12(19)15-11(8)18/h4-6H,2-3H2,1H3,(H,13,17)(H2,14,15,18,19). The normalized spacial score (nSPS) is 14.4. The van der Waals surface area contributed by atoms with Gasteiger partial charge >= 0.3 is 5.69 Å². The van der Waals surface area contributed by atoms with Crippen molar-refractivity contribution in [1.29, 1.82) is 0 Å². The average molecular weight is 259 g/mol. The maximum atomic E-state index is 11.7. The van der Waals surface area contributed by atoms with E-state index in [1.165, 1.54) is 6.20 Å². The molecule has 7 nitrogen and oxygen atoms in total. The molecule has 0 spiro atoms. The van der Waals surface area contributed by atoms with Crippen LogP contribution in [0.5, 0.6) is 0 Å². The number of anilines is 1. The fraction of sp³-hybridized carbons (Fsp3) is 0.333. The Hall–Kier alpha value is -2.44. The summed E-state index contributed by atoms with van der Waals surface area (Å²) in [6, 6.07) is 1.86. The van der Waals surface area contributed by atoms with Crippen LogP contribution in [-0.4, -0.2) is 27.2 Å². The molecule has 0 aliphatic heterocycles.